The second kappa shape index (κ2) is 7.78. The van der Waals surface area contributed by atoms with Crippen LogP contribution in [0.15, 0.2) is 17.1 Å². The number of alkyl halides is 6. The van der Waals surface area contributed by atoms with Gasteiger partial charge in [0.1, 0.15) is 12.2 Å². The van der Waals surface area contributed by atoms with Crippen LogP contribution in [0.5, 0.6) is 0 Å². The minimum Gasteiger partial charge on any atom is -0.338 e. The first-order valence-corrected chi connectivity index (χ1v) is 9.98. The number of hydrogen-bond donors (Lipinski definition) is 0. The van der Waals surface area contributed by atoms with Crippen molar-refractivity contribution < 1.29 is 31.1 Å². The van der Waals surface area contributed by atoms with Gasteiger partial charge in [-0.05, 0) is 18.9 Å². The van der Waals surface area contributed by atoms with Crippen LogP contribution in [0.1, 0.15) is 42.4 Å². The van der Waals surface area contributed by atoms with Crippen LogP contribution in [0.4, 0.5) is 26.3 Å². The van der Waals surface area contributed by atoms with Crippen LogP contribution in [0.2, 0.25) is 5.02 Å². The van der Waals surface area contributed by atoms with Crippen molar-refractivity contribution >= 4 is 17.5 Å². The second-order valence-electron chi connectivity index (χ2n) is 7.71. The Morgan fingerprint density at radius 1 is 1.28 bits per heavy atom. The van der Waals surface area contributed by atoms with Gasteiger partial charge in [0.25, 0.3) is 0 Å². The molecule has 7 nitrogen and oxygen atoms in total. The van der Waals surface area contributed by atoms with Gasteiger partial charge in [-0.15, -0.1) is 5.10 Å². The van der Waals surface area contributed by atoms with Crippen LogP contribution < -0.4 is 5.69 Å². The van der Waals surface area contributed by atoms with E-state index in [1.807, 2.05) is 0 Å². The van der Waals surface area contributed by atoms with Crippen LogP contribution in [0.3, 0.4) is 0 Å². The molecule has 1 saturated heterocycles. The fourth-order valence-electron chi connectivity index (χ4n) is 3.85. The molecular weight excluding hydrogens is 468 g/mol. The van der Waals surface area contributed by atoms with Crippen molar-refractivity contribution in [3.63, 3.8) is 0 Å². The van der Waals surface area contributed by atoms with Crippen LogP contribution >= 0.6 is 11.6 Å². The molecule has 0 bridgehead atoms. The maximum atomic E-state index is 14.5. The lowest BCUT2D eigenvalue weighted by Gasteiger charge is -2.30. The first kappa shape index (κ1) is 22.6. The minimum absolute atomic E-state index is 0.107. The Morgan fingerprint density at radius 2 is 2.00 bits per heavy atom. The molecule has 4 rings (SSSR count). The molecule has 0 saturated carbocycles. The van der Waals surface area contributed by atoms with Crippen molar-refractivity contribution in [1.29, 1.82) is 0 Å². The van der Waals surface area contributed by atoms with Crippen molar-refractivity contribution in [1.82, 2.24) is 24.2 Å². The molecule has 14 heteroatoms. The average Bonchev–Trinajstić information content (AvgIpc) is 3.27. The van der Waals surface area contributed by atoms with E-state index in [-0.39, 0.29) is 31.6 Å². The van der Waals surface area contributed by atoms with Gasteiger partial charge in [-0.2, -0.15) is 22.0 Å². The van der Waals surface area contributed by atoms with Crippen molar-refractivity contribution in [2.45, 2.75) is 50.1 Å². The summed E-state index contributed by atoms with van der Waals surface area (Å²) in [6.45, 7) is -0.658. The Morgan fingerprint density at radius 3 is 2.59 bits per heavy atom. The van der Waals surface area contributed by atoms with E-state index in [9.17, 15) is 35.9 Å². The number of pyridine rings is 1. The number of fused-ring (bicyclic) bond motifs is 1. The summed E-state index contributed by atoms with van der Waals surface area (Å²) in [7, 11) is 0. The van der Waals surface area contributed by atoms with Crippen LogP contribution in [0, 0.1) is 0 Å². The smallest absolute Gasteiger partial charge is 0.338 e. The van der Waals surface area contributed by atoms with Gasteiger partial charge in [0.2, 0.25) is 11.7 Å². The second-order valence-corrected chi connectivity index (χ2v) is 8.12. The number of amides is 1. The molecular formula is C18H16ClF6N5O2. The van der Waals surface area contributed by atoms with Gasteiger partial charge < -0.3 is 4.90 Å². The zero-order chi connectivity index (χ0) is 23.4. The first-order chi connectivity index (χ1) is 14.9. The Bertz CT molecular complexity index is 1110. The molecule has 32 heavy (non-hydrogen) atoms. The van der Waals surface area contributed by atoms with Crippen molar-refractivity contribution in [3.05, 3.63) is 44.9 Å². The lowest BCUT2D eigenvalue weighted by Crippen LogP contribution is -2.44. The molecule has 2 aliphatic heterocycles. The summed E-state index contributed by atoms with van der Waals surface area (Å²) in [5.74, 6) is -5.10. The third-order valence-corrected chi connectivity index (χ3v) is 5.84. The van der Waals surface area contributed by atoms with E-state index >= 15 is 0 Å². The SMILES string of the molecule is O=C([C@@H]1CCC(F)(F)c2nn(Cc3ncc(C(F)(F)F)cc3Cl)c(=O)n21)N1CC[C@H](F)C1. The van der Waals surface area contributed by atoms with Gasteiger partial charge in [0, 0.05) is 19.2 Å². The topological polar surface area (TPSA) is 73.0 Å². The van der Waals surface area contributed by atoms with Gasteiger partial charge >= 0.3 is 17.8 Å². The highest BCUT2D eigenvalue weighted by Gasteiger charge is 2.48. The Labute approximate surface area is 181 Å². The van der Waals surface area contributed by atoms with Crippen molar-refractivity contribution in [2.24, 2.45) is 0 Å². The molecule has 2 aromatic heterocycles. The van der Waals surface area contributed by atoms with Crippen molar-refractivity contribution in [2.75, 3.05) is 13.1 Å². The predicted octanol–water partition coefficient (Wildman–Crippen LogP) is 3.16. The quantitative estimate of drug-likeness (QED) is 0.629. The molecule has 2 aromatic rings. The van der Waals surface area contributed by atoms with Gasteiger partial charge in [-0.25, -0.2) is 13.9 Å². The summed E-state index contributed by atoms with van der Waals surface area (Å²) in [6, 6.07) is -0.681. The summed E-state index contributed by atoms with van der Waals surface area (Å²) in [6.07, 6.45) is -6.39. The van der Waals surface area contributed by atoms with Crippen LogP contribution in [-0.4, -0.2) is 49.4 Å². The van der Waals surface area contributed by atoms with Crippen molar-refractivity contribution in [3.8, 4) is 0 Å². The number of hydrogen-bond acceptors (Lipinski definition) is 4. The van der Waals surface area contributed by atoms with Gasteiger partial charge in [-0.3, -0.25) is 14.3 Å². The molecule has 1 amide bonds. The number of halogens is 7. The summed E-state index contributed by atoms with van der Waals surface area (Å²) >= 11 is 5.84. The number of carbonyl (C=O) groups excluding carboxylic acids is 1. The Kier molecular flexibility index (Phi) is 5.50. The maximum Gasteiger partial charge on any atom is 0.417 e. The molecule has 0 radical (unpaired) electrons. The lowest BCUT2D eigenvalue weighted by molar-refractivity contribution is -0.138. The molecule has 0 spiro atoms. The number of nitrogens with zero attached hydrogens (tertiary/aromatic N) is 5. The van der Waals surface area contributed by atoms with E-state index in [4.69, 9.17) is 11.6 Å². The highest BCUT2D eigenvalue weighted by molar-refractivity contribution is 6.31. The lowest BCUT2D eigenvalue weighted by atomic mass is 10.0. The molecule has 0 N–H and O–H groups in total. The largest absolute Gasteiger partial charge is 0.417 e. The highest BCUT2D eigenvalue weighted by atomic mass is 35.5. The fraction of sp³-hybridized carbons (Fsp3) is 0.556. The first-order valence-electron chi connectivity index (χ1n) is 9.60. The highest BCUT2D eigenvalue weighted by Crippen LogP contribution is 2.40. The summed E-state index contributed by atoms with van der Waals surface area (Å²) < 4.78 is 82.0. The average molecular weight is 484 g/mol. The third-order valence-electron chi connectivity index (χ3n) is 5.51. The zero-order valence-corrected chi connectivity index (χ0v) is 17.0. The Balaban J connectivity index is 1.69. The van der Waals surface area contributed by atoms with Crippen LogP contribution in [-0.2, 0) is 23.4 Å². The molecule has 0 aromatic carbocycles. The number of rotatable bonds is 3. The Hall–Kier alpha value is -2.57. The van der Waals surface area contributed by atoms with Gasteiger partial charge in [-0.1, -0.05) is 11.6 Å². The summed E-state index contributed by atoms with van der Waals surface area (Å²) in [5, 5.41) is 3.21. The monoisotopic (exact) mass is 483 g/mol. The van der Waals surface area contributed by atoms with E-state index in [1.54, 1.807) is 0 Å². The summed E-state index contributed by atoms with van der Waals surface area (Å²) in [5.41, 5.74) is -2.37. The zero-order valence-electron chi connectivity index (χ0n) is 16.3. The molecule has 2 aliphatic rings. The fourth-order valence-corrected chi connectivity index (χ4v) is 4.08. The van der Waals surface area contributed by atoms with E-state index in [2.05, 4.69) is 10.1 Å². The standard InChI is InChI=1S/C18H16ClF6N5O2/c19-11-5-9(18(23,24)25)6-26-12(11)8-29-16(32)30-13(1-3-17(21,22)15(30)27-29)14(31)28-4-2-10(20)7-28/h5-6,10,13H,1-4,7-8H2/t10-,13-/m0/s1. The minimum atomic E-state index is -4.69. The molecule has 0 unspecified atom stereocenters. The maximum absolute atomic E-state index is 14.5. The van der Waals surface area contributed by atoms with Gasteiger partial charge in [0.15, 0.2) is 0 Å². The van der Waals surface area contributed by atoms with Crippen LogP contribution in [0.25, 0.3) is 0 Å². The molecule has 0 aliphatic carbocycles. The molecule has 1 fully saturated rings. The third kappa shape index (κ3) is 3.97. The number of aromatic nitrogens is 4. The predicted molar refractivity (Wildman–Crippen MR) is 98.1 cm³/mol. The molecule has 4 heterocycles. The number of likely N-dealkylation sites (tertiary alicyclic amines) is 1. The van der Waals surface area contributed by atoms with E-state index in [0.717, 1.165) is 0 Å². The summed E-state index contributed by atoms with van der Waals surface area (Å²) in [4.78, 5) is 30.4. The van der Waals surface area contributed by atoms with E-state index in [1.165, 1.54) is 4.90 Å². The van der Waals surface area contributed by atoms with E-state index in [0.29, 0.717) is 21.5 Å². The van der Waals surface area contributed by atoms with E-state index < -0.39 is 65.3 Å². The molecule has 2 atom stereocenters. The molecule has 174 valence electrons. The number of carbonyl (C=O) groups is 1. The normalized spacial score (nSPS) is 22.8. The van der Waals surface area contributed by atoms with Gasteiger partial charge in [0.05, 0.1) is 29.4 Å².